The van der Waals surface area contributed by atoms with Gasteiger partial charge in [0.05, 0.1) is 0 Å². The Morgan fingerprint density at radius 2 is 2.17 bits per heavy atom. The quantitative estimate of drug-likeness (QED) is 0.630. The molecule has 0 saturated carbocycles. The third-order valence-electron chi connectivity index (χ3n) is 1.66. The normalized spacial score (nSPS) is 23.2. The average Bonchev–Trinajstić information content (AvgIpc) is 1.96. The predicted octanol–water partition coefficient (Wildman–Crippen LogP) is 0.454. The Hall–Kier alpha value is -1.06. The number of rotatable bonds is 2. The molecule has 1 atom stereocenters. The summed E-state index contributed by atoms with van der Waals surface area (Å²) in [5, 5.41) is 0. The van der Waals surface area contributed by atoms with E-state index in [1.54, 1.807) is 6.92 Å². The molecule has 1 heterocycles. The van der Waals surface area contributed by atoms with E-state index in [1.165, 1.54) is 0 Å². The Labute approximate surface area is 72.4 Å². The molecule has 0 bridgehead atoms. The first-order chi connectivity index (χ1) is 5.59. The summed E-state index contributed by atoms with van der Waals surface area (Å²) in [6.45, 7) is 6.02. The summed E-state index contributed by atoms with van der Waals surface area (Å²) in [5.41, 5.74) is 5.35. The highest BCUT2D eigenvalue weighted by Gasteiger charge is 2.17. The van der Waals surface area contributed by atoms with Gasteiger partial charge in [0.25, 0.3) is 5.91 Å². The van der Waals surface area contributed by atoms with Crippen molar-refractivity contribution in [2.45, 2.75) is 33.2 Å². The van der Waals surface area contributed by atoms with Crippen LogP contribution in [0.25, 0.3) is 0 Å². The van der Waals surface area contributed by atoms with Gasteiger partial charge in [-0.1, -0.05) is 13.8 Å². The highest BCUT2D eigenvalue weighted by Crippen LogP contribution is 2.03. The molecule has 0 fully saturated rings. The van der Waals surface area contributed by atoms with Gasteiger partial charge in [-0.15, -0.1) is 0 Å². The first-order valence-corrected chi connectivity index (χ1v) is 4.22. The fourth-order valence-corrected chi connectivity index (χ4v) is 1.05. The Morgan fingerprint density at radius 1 is 1.50 bits per heavy atom. The van der Waals surface area contributed by atoms with Gasteiger partial charge >= 0.3 is 0 Å². The van der Waals surface area contributed by atoms with Gasteiger partial charge in [-0.25, -0.2) is 0 Å². The van der Waals surface area contributed by atoms with Crippen LogP contribution in [-0.2, 0) is 4.79 Å². The maximum Gasteiger partial charge on any atom is 0.262 e. The van der Waals surface area contributed by atoms with Gasteiger partial charge in [-0.3, -0.25) is 20.6 Å². The van der Waals surface area contributed by atoms with Crippen molar-refractivity contribution < 1.29 is 4.79 Å². The molecule has 1 rings (SSSR count). The second-order valence-corrected chi connectivity index (χ2v) is 3.46. The van der Waals surface area contributed by atoms with Crippen LogP contribution >= 0.6 is 0 Å². The molecule has 12 heavy (non-hydrogen) atoms. The highest BCUT2D eigenvalue weighted by atomic mass is 16.2. The number of hydrogen-bond donors (Lipinski definition) is 2. The molecule has 1 unspecified atom stereocenters. The number of amides is 1. The van der Waals surface area contributed by atoms with Crippen LogP contribution in [0.3, 0.4) is 0 Å². The molecule has 0 aliphatic carbocycles. The predicted molar refractivity (Wildman–Crippen MR) is 47.6 cm³/mol. The molecule has 0 aromatic rings. The molecule has 2 N–H and O–H groups in total. The molecule has 4 nitrogen and oxygen atoms in total. The summed E-state index contributed by atoms with van der Waals surface area (Å²) in [6, 6.07) is -0.250. The van der Waals surface area contributed by atoms with E-state index < -0.39 is 0 Å². The minimum Gasteiger partial charge on any atom is -0.286 e. The van der Waals surface area contributed by atoms with Crippen LogP contribution in [0.2, 0.25) is 0 Å². The monoisotopic (exact) mass is 169 g/mol. The Bertz CT molecular complexity index is 210. The Kier molecular flexibility index (Phi) is 2.68. The minimum absolute atomic E-state index is 0.0671. The Balaban J connectivity index is 2.56. The number of hydrogen-bond acceptors (Lipinski definition) is 3. The van der Waals surface area contributed by atoms with Gasteiger partial charge in [0.1, 0.15) is 11.9 Å². The number of aliphatic imine (C=N–C) groups is 1. The summed E-state index contributed by atoms with van der Waals surface area (Å²) in [7, 11) is 0. The lowest BCUT2D eigenvalue weighted by molar-refractivity contribution is -0.122. The number of nitrogens with one attached hydrogen (secondary N) is 2. The average molecular weight is 169 g/mol. The van der Waals surface area contributed by atoms with E-state index in [0.29, 0.717) is 5.92 Å². The van der Waals surface area contributed by atoms with Crippen LogP contribution in [0.5, 0.6) is 0 Å². The van der Waals surface area contributed by atoms with E-state index in [1.807, 2.05) is 0 Å². The minimum atomic E-state index is -0.250. The van der Waals surface area contributed by atoms with Crippen molar-refractivity contribution in [3.63, 3.8) is 0 Å². The molecule has 0 saturated heterocycles. The summed E-state index contributed by atoms with van der Waals surface area (Å²) in [6.07, 6.45) is 0.880. The zero-order chi connectivity index (χ0) is 9.14. The van der Waals surface area contributed by atoms with Crippen molar-refractivity contribution in [3.8, 4) is 0 Å². The fourth-order valence-electron chi connectivity index (χ4n) is 1.05. The summed E-state index contributed by atoms with van der Waals surface area (Å²) >= 11 is 0. The van der Waals surface area contributed by atoms with Crippen LogP contribution in [0.4, 0.5) is 0 Å². The van der Waals surface area contributed by atoms with Gasteiger partial charge < -0.3 is 0 Å². The van der Waals surface area contributed by atoms with E-state index >= 15 is 0 Å². The largest absolute Gasteiger partial charge is 0.286 e. The van der Waals surface area contributed by atoms with Crippen molar-refractivity contribution in [2.24, 2.45) is 10.9 Å². The first kappa shape index (κ1) is 9.03. The van der Waals surface area contributed by atoms with E-state index in [-0.39, 0.29) is 11.9 Å². The summed E-state index contributed by atoms with van der Waals surface area (Å²) in [5.74, 6) is 1.36. The smallest absolute Gasteiger partial charge is 0.262 e. The first-order valence-electron chi connectivity index (χ1n) is 4.22. The van der Waals surface area contributed by atoms with Crippen molar-refractivity contribution >= 4 is 11.7 Å². The second kappa shape index (κ2) is 3.56. The number of nitrogens with zero attached hydrogens (tertiary/aromatic N) is 1. The van der Waals surface area contributed by atoms with Gasteiger partial charge in [0, 0.05) is 6.42 Å². The van der Waals surface area contributed by atoms with Gasteiger partial charge in [-0.2, -0.15) is 0 Å². The second-order valence-electron chi connectivity index (χ2n) is 3.46. The van der Waals surface area contributed by atoms with E-state index in [4.69, 9.17) is 0 Å². The number of carbonyl (C=O) groups excluding carboxylic acids is 1. The molecule has 1 amide bonds. The molecule has 0 spiro atoms. The maximum absolute atomic E-state index is 10.9. The highest BCUT2D eigenvalue weighted by molar-refractivity contribution is 5.93. The third kappa shape index (κ3) is 2.22. The van der Waals surface area contributed by atoms with Crippen LogP contribution in [0.15, 0.2) is 4.99 Å². The van der Waals surface area contributed by atoms with E-state index in [2.05, 4.69) is 29.7 Å². The van der Waals surface area contributed by atoms with Crippen molar-refractivity contribution in [1.82, 2.24) is 10.9 Å². The zero-order valence-corrected chi connectivity index (χ0v) is 7.72. The van der Waals surface area contributed by atoms with E-state index in [9.17, 15) is 4.79 Å². The van der Waals surface area contributed by atoms with Gasteiger partial charge in [-0.05, 0) is 12.8 Å². The number of carbonyl (C=O) groups is 1. The van der Waals surface area contributed by atoms with E-state index in [0.717, 1.165) is 12.3 Å². The lowest BCUT2D eigenvalue weighted by atomic mass is 10.1. The molecular formula is C8H15N3O. The fraction of sp³-hybridized carbons (Fsp3) is 0.750. The van der Waals surface area contributed by atoms with Crippen molar-refractivity contribution in [3.05, 3.63) is 0 Å². The zero-order valence-electron chi connectivity index (χ0n) is 7.72. The molecule has 0 aromatic heterocycles. The summed E-state index contributed by atoms with van der Waals surface area (Å²) in [4.78, 5) is 15.1. The van der Waals surface area contributed by atoms with Crippen LogP contribution in [0.1, 0.15) is 27.2 Å². The molecule has 4 heteroatoms. The Morgan fingerprint density at radius 3 is 2.67 bits per heavy atom. The summed E-state index contributed by atoms with van der Waals surface area (Å²) < 4.78 is 0. The molecule has 0 radical (unpaired) electrons. The van der Waals surface area contributed by atoms with Gasteiger partial charge in [0.2, 0.25) is 0 Å². The molecular weight excluding hydrogens is 154 g/mol. The number of hydrazine groups is 1. The van der Waals surface area contributed by atoms with Crippen LogP contribution < -0.4 is 10.9 Å². The topological polar surface area (TPSA) is 53.5 Å². The SMILES string of the molecule is CC(C)CC1=NC(C)C(=O)NN1. The lowest BCUT2D eigenvalue weighted by Crippen LogP contribution is -2.50. The molecule has 1 aliphatic heterocycles. The van der Waals surface area contributed by atoms with Crippen molar-refractivity contribution in [2.75, 3.05) is 0 Å². The van der Waals surface area contributed by atoms with Crippen LogP contribution in [0, 0.1) is 5.92 Å². The maximum atomic E-state index is 10.9. The molecule has 68 valence electrons. The standard InChI is InChI=1S/C8H15N3O/c1-5(2)4-7-9-6(3)8(12)11-10-7/h5-6H,4H2,1-3H3,(H,9,10)(H,11,12). The lowest BCUT2D eigenvalue weighted by Gasteiger charge is -2.20. The van der Waals surface area contributed by atoms with Crippen LogP contribution in [-0.4, -0.2) is 17.8 Å². The third-order valence-corrected chi connectivity index (χ3v) is 1.66. The van der Waals surface area contributed by atoms with Crippen molar-refractivity contribution in [1.29, 1.82) is 0 Å². The number of amidine groups is 1. The molecule has 0 aromatic carbocycles. The molecule has 1 aliphatic rings. The van der Waals surface area contributed by atoms with Gasteiger partial charge in [0.15, 0.2) is 0 Å².